The number of nitrogens with zero attached hydrogens (tertiary/aromatic N) is 1. The van der Waals surface area contributed by atoms with E-state index in [1.54, 1.807) is 30.3 Å². The zero-order valence-corrected chi connectivity index (χ0v) is 19.6. The van der Waals surface area contributed by atoms with Crippen molar-refractivity contribution in [2.45, 2.75) is 20.1 Å². The fraction of sp³-hybridized carbons (Fsp3) is 0.160. The molecule has 8 nitrogen and oxygen atoms in total. The maximum Gasteiger partial charge on any atom is 0.269 e. The van der Waals surface area contributed by atoms with E-state index in [1.807, 2.05) is 19.1 Å². The zero-order valence-electron chi connectivity index (χ0n) is 18.0. The van der Waals surface area contributed by atoms with E-state index in [-0.39, 0.29) is 30.6 Å². The lowest BCUT2D eigenvalue weighted by Crippen LogP contribution is -2.12. The molecule has 2 aliphatic heterocycles. The fourth-order valence-corrected chi connectivity index (χ4v) is 4.42. The van der Waals surface area contributed by atoms with Crippen molar-refractivity contribution in [3.8, 4) is 17.2 Å². The van der Waals surface area contributed by atoms with Crippen LogP contribution in [0.25, 0.3) is 6.08 Å². The van der Waals surface area contributed by atoms with Gasteiger partial charge in [-0.2, -0.15) is 0 Å². The maximum absolute atomic E-state index is 13.1. The fourth-order valence-electron chi connectivity index (χ4n) is 3.90. The summed E-state index contributed by atoms with van der Waals surface area (Å²) in [7, 11) is 0. The van der Waals surface area contributed by atoms with Gasteiger partial charge in [0.1, 0.15) is 23.9 Å². The molecule has 2 aliphatic rings. The highest BCUT2D eigenvalue weighted by atomic mass is 79.9. The number of ether oxygens (including phenoxy) is 4. The molecule has 0 fully saturated rings. The SMILES string of the molecule is Cc1cc(OCc2ccc([N+](=O)[O-])cc2)cc2c1C(=O)/C(=C/c1cc(Br)cc3c1OCOC3)O2. The van der Waals surface area contributed by atoms with Gasteiger partial charge in [0.05, 0.1) is 17.1 Å². The molecule has 0 unspecified atom stereocenters. The highest BCUT2D eigenvalue weighted by molar-refractivity contribution is 9.10. The van der Waals surface area contributed by atoms with E-state index in [1.165, 1.54) is 12.1 Å². The summed E-state index contributed by atoms with van der Waals surface area (Å²) in [6, 6.07) is 13.4. The number of allylic oxidation sites excluding steroid dienone is 1. The lowest BCUT2D eigenvalue weighted by atomic mass is 10.0. The van der Waals surface area contributed by atoms with Gasteiger partial charge in [0.25, 0.3) is 5.69 Å². The van der Waals surface area contributed by atoms with Gasteiger partial charge in [-0.3, -0.25) is 14.9 Å². The maximum atomic E-state index is 13.1. The van der Waals surface area contributed by atoms with Gasteiger partial charge in [-0.05, 0) is 54.5 Å². The zero-order chi connectivity index (χ0) is 23.8. The summed E-state index contributed by atoms with van der Waals surface area (Å²) in [6.45, 7) is 2.61. The Morgan fingerprint density at radius 3 is 2.74 bits per heavy atom. The van der Waals surface area contributed by atoms with Gasteiger partial charge in [0.2, 0.25) is 5.78 Å². The van der Waals surface area contributed by atoms with Crippen LogP contribution in [0.2, 0.25) is 0 Å². The molecule has 0 radical (unpaired) electrons. The molecule has 3 aromatic carbocycles. The quantitative estimate of drug-likeness (QED) is 0.239. The van der Waals surface area contributed by atoms with Crippen LogP contribution in [0.4, 0.5) is 5.69 Å². The molecule has 0 aromatic heterocycles. The van der Waals surface area contributed by atoms with Crippen LogP contribution in [0, 0.1) is 17.0 Å². The van der Waals surface area contributed by atoms with Crippen LogP contribution in [-0.4, -0.2) is 17.5 Å². The summed E-state index contributed by atoms with van der Waals surface area (Å²) in [6.07, 6.45) is 1.67. The van der Waals surface area contributed by atoms with E-state index in [0.29, 0.717) is 29.4 Å². The normalized spacial score (nSPS) is 15.4. The number of ketones is 1. The molecule has 9 heteroatoms. The van der Waals surface area contributed by atoms with Crippen molar-refractivity contribution in [1.29, 1.82) is 0 Å². The third-order valence-electron chi connectivity index (χ3n) is 5.49. The van der Waals surface area contributed by atoms with Crippen molar-refractivity contribution >= 4 is 33.5 Å². The number of fused-ring (bicyclic) bond motifs is 2. The Hall–Kier alpha value is -3.69. The minimum absolute atomic E-state index is 0.0213. The molecule has 0 spiro atoms. The Morgan fingerprint density at radius 2 is 1.97 bits per heavy atom. The number of benzene rings is 3. The van der Waals surface area contributed by atoms with E-state index in [9.17, 15) is 14.9 Å². The summed E-state index contributed by atoms with van der Waals surface area (Å²) in [4.78, 5) is 23.4. The first-order chi connectivity index (χ1) is 16.4. The van der Waals surface area contributed by atoms with Crippen molar-refractivity contribution in [2.75, 3.05) is 6.79 Å². The molecule has 0 saturated carbocycles. The Morgan fingerprint density at radius 1 is 1.18 bits per heavy atom. The highest BCUT2D eigenvalue weighted by Crippen LogP contribution is 2.39. The topological polar surface area (TPSA) is 97.1 Å². The molecule has 2 heterocycles. The highest BCUT2D eigenvalue weighted by Gasteiger charge is 2.31. The molecule has 172 valence electrons. The lowest BCUT2D eigenvalue weighted by Gasteiger charge is -2.20. The van der Waals surface area contributed by atoms with Crippen LogP contribution in [0.5, 0.6) is 17.2 Å². The molecule has 0 N–H and O–H groups in total. The van der Waals surface area contributed by atoms with Crippen molar-refractivity contribution < 1.29 is 28.7 Å². The molecule has 0 bridgehead atoms. The molecule has 0 aliphatic carbocycles. The summed E-state index contributed by atoms with van der Waals surface area (Å²) in [5.41, 5.74) is 3.62. The average Bonchev–Trinajstić information content (AvgIpc) is 3.13. The number of non-ortho nitro benzene ring substituents is 1. The molecule has 0 atom stereocenters. The van der Waals surface area contributed by atoms with E-state index in [0.717, 1.165) is 26.7 Å². The van der Waals surface area contributed by atoms with Crippen LogP contribution in [0.3, 0.4) is 0 Å². The van der Waals surface area contributed by atoms with Gasteiger partial charge in [-0.15, -0.1) is 0 Å². The van der Waals surface area contributed by atoms with Crippen LogP contribution in [0.15, 0.2) is 58.8 Å². The molecular weight excluding hydrogens is 506 g/mol. The smallest absolute Gasteiger partial charge is 0.269 e. The predicted octanol–water partition coefficient (Wildman–Crippen LogP) is 5.73. The third kappa shape index (κ3) is 4.27. The van der Waals surface area contributed by atoms with E-state index in [4.69, 9.17) is 18.9 Å². The number of nitro groups is 1. The number of aryl methyl sites for hydroxylation is 1. The third-order valence-corrected chi connectivity index (χ3v) is 5.94. The van der Waals surface area contributed by atoms with Crippen LogP contribution in [0.1, 0.15) is 32.6 Å². The second-order valence-corrected chi connectivity index (χ2v) is 8.77. The number of Topliss-reactive ketones (excluding diaryl/α,β-unsaturated/α-hetero) is 1. The van der Waals surface area contributed by atoms with Crippen molar-refractivity contribution in [3.63, 3.8) is 0 Å². The second kappa shape index (κ2) is 8.92. The first kappa shape index (κ1) is 22.1. The standard InChI is InChI=1S/C25H18BrNO7/c1-14-6-20(32-11-15-2-4-19(5-3-15)27(29)30)10-21-23(14)24(28)22(34-21)9-16-7-18(26)8-17-12-31-13-33-25(16)17/h2-10H,11-13H2,1H3/b22-9-. The van der Waals surface area contributed by atoms with Gasteiger partial charge >= 0.3 is 0 Å². The van der Waals surface area contributed by atoms with Crippen LogP contribution in [-0.2, 0) is 18.0 Å². The number of nitro benzene ring substituents is 1. The molecule has 5 rings (SSSR count). The molecule has 0 saturated heterocycles. The van der Waals surface area contributed by atoms with Crippen LogP contribution >= 0.6 is 15.9 Å². The second-order valence-electron chi connectivity index (χ2n) is 7.86. The predicted molar refractivity (Wildman–Crippen MR) is 126 cm³/mol. The van der Waals surface area contributed by atoms with E-state index < -0.39 is 4.92 Å². The number of hydrogen-bond donors (Lipinski definition) is 0. The lowest BCUT2D eigenvalue weighted by molar-refractivity contribution is -0.384. The van der Waals surface area contributed by atoms with E-state index >= 15 is 0 Å². The van der Waals surface area contributed by atoms with Gasteiger partial charge in [-0.25, -0.2) is 0 Å². The minimum atomic E-state index is -0.447. The first-order valence-electron chi connectivity index (χ1n) is 10.4. The van der Waals surface area contributed by atoms with Crippen LogP contribution < -0.4 is 14.2 Å². The Labute approximate surface area is 203 Å². The number of carbonyl (C=O) groups excluding carboxylic acids is 1. The number of rotatable bonds is 5. The van der Waals surface area contributed by atoms with Gasteiger partial charge in [0.15, 0.2) is 12.6 Å². The molecular formula is C25H18BrNO7. The monoisotopic (exact) mass is 523 g/mol. The molecule has 34 heavy (non-hydrogen) atoms. The largest absolute Gasteiger partial charge is 0.489 e. The Bertz CT molecular complexity index is 1350. The number of hydrogen-bond acceptors (Lipinski definition) is 7. The molecule has 3 aromatic rings. The minimum Gasteiger partial charge on any atom is -0.489 e. The van der Waals surface area contributed by atoms with Gasteiger partial charge in [-0.1, -0.05) is 15.9 Å². The Balaban J connectivity index is 1.38. The summed E-state index contributed by atoms with van der Waals surface area (Å²) in [5, 5.41) is 10.8. The van der Waals surface area contributed by atoms with Crippen molar-refractivity contribution in [2.24, 2.45) is 0 Å². The average molecular weight is 524 g/mol. The van der Waals surface area contributed by atoms with Gasteiger partial charge in [0, 0.05) is 33.8 Å². The van der Waals surface area contributed by atoms with Gasteiger partial charge < -0.3 is 18.9 Å². The number of carbonyl (C=O) groups is 1. The van der Waals surface area contributed by atoms with E-state index in [2.05, 4.69) is 15.9 Å². The molecule has 0 amide bonds. The summed E-state index contributed by atoms with van der Waals surface area (Å²) >= 11 is 3.49. The van der Waals surface area contributed by atoms with Crippen molar-refractivity contribution in [1.82, 2.24) is 0 Å². The Kier molecular flexibility index (Phi) is 5.80. The van der Waals surface area contributed by atoms with Crippen molar-refractivity contribution in [3.05, 3.63) is 96.7 Å². The summed E-state index contributed by atoms with van der Waals surface area (Å²) in [5.74, 6) is 1.60. The number of halogens is 1. The summed E-state index contributed by atoms with van der Waals surface area (Å²) < 4.78 is 23.6. The first-order valence-corrected chi connectivity index (χ1v) is 11.2.